The number of carbonyl (C=O) groups is 1. The van der Waals surface area contributed by atoms with Crippen LogP contribution in [0, 0.1) is 5.82 Å². The molecule has 2 aliphatic heterocycles. The van der Waals surface area contributed by atoms with Crippen molar-refractivity contribution in [2.75, 3.05) is 37.7 Å². The van der Waals surface area contributed by atoms with Crippen molar-refractivity contribution in [2.45, 2.75) is 25.0 Å². The van der Waals surface area contributed by atoms with Gasteiger partial charge >= 0.3 is 0 Å². The van der Waals surface area contributed by atoms with Crippen LogP contribution in [0.4, 0.5) is 4.39 Å². The molecule has 0 saturated carbocycles. The van der Waals surface area contributed by atoms with E-state index in [-0.39, 0.29) is 17.8 Å². The smallest absolute Gasteiger partial charge is 0.255 e. The van der Waals surface area contributed by atoms with Gasteiger partial charge in [-0.2, -0.15) is 11.8 Å². The van der Waals surface area contributed by atoms with E-state index in [1.165, 1.54) is 6.07 Å². The van der Waals surface area contributed by atoms with Gasteiger partial charge in [0.25, 0.3) is 5.91 Å². The number of benzene rings is 1. The fraction of sp³-hybridized carbons (Fsp3) is 0.588. The van der Waals surface area contributed by atoms with Gasteiger partial charge < -0.3 is 10.0 Å². The van der Waals surface area contributed by atoms with Crippen LogP contribution in [0.5, 0.6) is 0 Å². The predicted molar refractivity (Wildman–Crippen MR) is 89.9 cm³/mol. The van der Waals surface area contributed by atoms with Crippen LogP contribution in [0.1, 0.15) is 24.9 Å². The quantitative estimate of drug-likeness (QED) is 0.914. The first-order valence-corrected chi connectivity index (χ1v) is 9.24. The fourth-order valence-corrected chi connectivity index (χ4v) is 4.54. The SMILES string of the molecule is C[C@H](c1cccc(F)c1)N1CCN(C(=O)[C@@]2(O)CCSC2)CC1. The summed E-state index contributed by atoms with van der Waals surface area (Å²) in [6.07, 6.45) is 0.552. The van der Waals surface area contributed by atoms with Crippen LogP contribution in [-0.2, 0) is 4.79 Å². The van der Waals surface area contributed by atoms with Crippen LogP contribution in [0.25, 0.3) is 0 Å². The van der Waals surface area contributed by atoms with Gasteiger partial charge in [0.1, 0.15) is 5.82 Å². The predicted octanol–water partition coefficient (Wildman–Crippen LogP) is 1.90. The average molecular weight is 338 g/mol. The molecule has 1 amide bonds. The van der Waals surface area contributed by atoms with E-state index >= 15 is 0 Å². The lowest BCUT2D eigenvalue weighted by Gasteiger charge is -2.40. The van der Waals surface area contributed by atoms with E-state index in [0.717, 1.165) is 24.4 Å². The van der Waals surface area contributed by atoms with Crippen LogP contribution < -0.4 is 0 Å². The number of rotatable bonds is 3. The Balaban J connectivity index is 1.59. The summed E-state index contributed by atoms with van der Waals surface area (Å²) >= 11 is 1.63. The van der Waals surface area contributed by atoms with Crippen molar-refractivity contribution in [1.29, 1.82) is 0 Å². The minimum atomic E-state index is -1.17. The molecule has 126 valence electrons. The zero-order valence-corrected chi connectivity index (χ0v) is 14.2. The van der Waals surface area contributed by atoms with E-state index in [0.29, 0.717) is 25.3 Å². The van der Waals surface area contributed by atoms with Crippen LogP contribution in [0.2, 0.25) is 0 Å². The molecular weight excluding hydrogens is 315 g/mol. The number of aliphatic hydroxyl groups is 1. The first-order chi connectivity index (χ1) is 11.0. The second-order valence-electron chi connectivity index (χ2n) is 6.39. The van der Waals surface area contributed by atoms with Gasteiger partial charge in [-0.1, -0.05) is 12.1 Å². The molecule has 6 heteroatoms. The van der Waals surface area contributed by atoms with Crippen molar-refractivity contribution in [3.63, 3.8) is 0 Å². The molecule has 0 unspecified atom stereocenters. The Morgan fingerprint density at radius 1 is 1.35 bits per heavy atom. The lowest BCUT2D eigenvalue weighted by Crippen LogP contribution is -2.56. The molecule has 2 fully saturated rings. The average Bonchev–Trinajstić information content (AvgIpc) is 3.01. The van der Waals surface area contributed by atoms with Crippen LogP contribution in [0.3, 0.4) is 0 Å². The van der Waals surface area contributed by atoms with E-state index in [1.54, 1.807) is 28.8 Å². The zero-order valence-electron chi connectivity index (χ0n) is 13.4. The molecule has 0 aliphatic carbocycles. The summed E-state index contributed by atoms with van der Waals surface area (Å²) in [7, 11) is 0. The van der Waals surface area contributed by atoms with Gasteiger partial charge in [0.15, 0.2) is 5.60 Å². The summed E-state index contributed by atoms with van der Waals surface area (Å²) in [4.78, 5) is 16.5. The Bertz CT molecular complexity index is 569. The van der Waals surface area contributed by atoms with Gasteiger partial charge in [-0.3, -0.25) is 9.69 Å². The van der Waals surface area contributed by atoms with E-state index < -0.39 is 5.60 Å². The summed E-state index contributed by atoms with van der Waals surface area (Å²) in [5.41, 5.74) is -0.211. The number of hydrogen-bond acceptors (Lipinski definition) is 4. The van der Waals surface area contributed by atoms with Crippen molar-refractivity contribution in [2.24, 2.45) is 0 Å². The van der Waals surface area contributed by atoms with Crippen molar-refractivity contribution >= 4 is 17.7 Å². The third-order valence-corrected chi connectivity index (χ3v) is 6.05. The standard InChI is InChI=1S/C17H23FN2O2S/c1-13(14-3-2-4-15(18)11-14)19-6-8-20(9-7-19)16(21)17(22)5-10-23-12-17/h2-4,11,13,22H,5-10,12H2,1H3/t13-,17-/m1/s1. The van der Waals surface area contributed by atoms with Gasteiger partial charge in [0.05, 0.1) is 0 Å². The van der Waals surface area contributed by atoms with Crippen LogP contribution in [-0.4, -0.2) is 64.1 Å². The monoisotopic (exact) mass is 338 g/mol. The van der Waals surface area contributed by atoms with Gasteiger partial charge in [-0.15, -0.1) is 0 Å². The van der Waals surface area contributed by atoms with Crippen molar-refractivity contribution in [3.05, 3.63) is 35.6 Å². The number of thioether (sulfide) groups is 1. The largest absolute Gasteiger partial charge is 0.379 e. The first kappa shape index (κ1) is 16.7. The highest BCUT2D eigenvalue weighted by atomic mass is 32.2. The summed E-state index contributed by atoms with van der Waals surface area (Å²) < 4.78 is 13.4. The van der Waals surface area contributed by atoms with Gasteiger partial charge in [0.2, 0.25) is 0 Å². The first-order valence-electron chi connectivity index (χ1n) is 8.09. The number of amides is 1. The maximum atomic E-state index is 13.4. The molecule has 0 bridgehead atoms. The molecule has 4 nitrogen and oxygen atoms in total. The molecule has 1 aromatic rings. The normalized spacial score (nSPS) is 27.2. The van der Waals surface area contributed by atoms with Crippen molar-refractivity contribution < 1.29 is 14.3 Å². The fourth-order valence-electron chi connectivity index (χ4n) is 3.31. The number of nitrogens with zero attached hydrogens (tertiary/aromatic N) is 2. The molecule has 0 spiro atoms. The number of carbonyl (C=O) groups excluding carboxylic acids is 1. The molecule has 0 radical (unpaired) electrons. The highest BCUT2D eigenvalue weighted by Gasteiger charge is 2.42. The minimum absolute atomic E-state index is 0.119. The van der Waals surface area contributed by atoms with Crippen molar-refractivity contribution in [3.8, 4) is 0 Å². The van der Waals surface area contributed by atoms with Crippen molar-refractivity contribution in [1.82, 2.24) is 9.80 Å². The molecule has 2 atom stereocenters. The van der Waals surface area contributed by atoms with Gasteiger partial charge in [0, 0.05) is 38.0 Å². The Kier molecular flexibility index (Phi) is 4.94. The van der Waals surface area contributed by atoms with Crippen LogP contribution in [0.15, 0.2) is 24.3 Å². The molecule has 1 N–H and O–H groups in total. The van der Waals surface area contributed by atoms with Crippen LogP contribution >= 0.6 is 11.8 Å². The van der Waals surface area contributed by atoms with E-state index in [2.05, 4.69) is 11.8 Å². The summed E-state index contributed by atoms with van der Waals surface area (Å²) in [5, 5.41) is 10.4. The molecule has 23 heavy (non-hydrogen) atoms. The second-order valence-corrected chi connectivity index (χ2v) is 7.50. The van der Waals surface area contributed by atoms with E-state index in [1.807, 2.05) is 6.07 Å². The lowest BCUT2D eigenvalue weighted by atomic mass is 10.0. The highest BCUT2D eigenvalue weighted by molar-refractivity contribution is 7.99. The van der Waals surface area contributed by atoms with E-state index in [9.17, 15) is 14.3 Å². The third-order valence-electron chi connectivity index (χ3n) is 4.88. The Morgan fingerprint density at radius 2 is 2.09 bits per heavy atom. The number of hydrogen-bond donors (Lipinski definition) is 1. The molecule has 0 aromatic heterocycles. The summed E-state index contributed by atoms with van der Waals surface area (Å²) in [6.45, 7) is 4.78. The Morgan fingerprint density at radius 3 is 2.70 bits per heavy atom. The summed E-state index contributed by atoms with van der Waals surface area (Å²) in [6, 6.07) is 6.80. The minimum Gasteiger partial charge on any atom is -0.379 e. The number of halogens is 1. The summed E-state index contributed by atoms with van der Waals surface area (Å²) in [5.74, 6) is 1.01. The zero-order chi connectivity index (χ0) is 16.4. The molecule has 2 heterocycles. The molecule has 3 rings (SSSR count). The molecular formula is C17H23FN2O2S. The maximum absolute atomic E-state index is 13.4. The Labute approximate surface area is 140 Å². The topological polar surface area (TPSA) is 43.8 Å². The van der Waals surface area contributed by atoms with Gasteiger partial charge in [-0.05, 0) is 36.8 Å². The van der Waals surface area contributed by atoms with Gasteiger partial charge in [-0.25, -0.2) is 4.39 Å². The van der Waals surface area contributed by atoms with E-state index in [4.69, 9.17) is 0 Å². The molecule has 2 saturated heterocycles. The molecule has 2 aliphatic rings. The maximum Gasteiger partial charge on any atom is 0.255 e. The molecule has 1 aromatic carbocycles. The number of piperazine rings is 1. The third kappa shape index (κ3) is 3.54. The Hall–Kier alpha value is -1.11. The second kappa shape index (κ2) is 6.79. The highest BCUT2D eigenvalue weighted by Crippen LogP contribution is 2.30. The lowest BCUT2D eigenvalue weighted by molar-refractivity contribution is -0.150.